The first kappa shape index (κ1) is 17.0. The maximum absolute atomic E-state index is 13.0. The number of carbonyl (C=O) groups excluding carboxylic acids is 2. The van der Waals surface area contributed by atoms with Gasteiger partial charge in [0.25, 0.3) is 0 Å². The zero-order valence-corrected chi connectivity index (χ0v) is 15.0. The first-order chi connectivity index (χ1) is 11.5. The van der Waals surface area contributed by atoms with Crippen molar-refractivity contribution < 1.29 is 9.59 Å². The topological polar surface area (TPSA) is 40.6 Å². The summed E-state index contributed by atoms with van der Waals surface area (Å²) in [6.45, 7) is 8.31. The number of hydrogen-bond donors (Lipinski definition) is 0. The second kappa shape index (κ2) is 6.96. The Balaban J connectivity index is 1.65. The maximum atomic E-state index is 13.0. The number of anilines is 1. The van der Waals surface area contributed by atoms with Gasteiger partial charge in [-0.1, -0.05) is 6.07 Å². The molecule has 2 fully saturated rings. The minimum Gasteiger partial charge on any atom is -0.342 e. The highest BCUT2D eigenvalue weighted by atomic mass is 16.2. The summed E-state index contributed by atoms with van der Waals surface area (Å²) in [4.78, 5) is 29.0. The lowest BCUT2D eigenvalue weighted by Crippen LogP contribution is -2.45. The van der Waals surface area contributed by atoms with Gasteiger partial charge in [0.2, 0.25) is 11.8 Å². The minimum atomic E-state index is 0.0361. The summed E-state index contributed by atoms with van der Waals surface area (Å²) in [7, 11) is 0. The molecule has 0 atom stereocenters. The maximum Gasteiger partial charge on any atom is 0.230 e. The van der Waals surface area contributed by atoms with Crippen LogP contribution in [-0.2, 0) is 9.59 Å². The van der Waals surface area contributed by atoms with Crippen LogP contribution in [-0.4, -0.2) is 36.3 Å². The van der Waals surface area contributed by atoms with Gasteiger partial charge in [-0.3, -0.25) is 9.59 Å². The van der Waals surface area contributed by atoms with E-state index >= 15 is 0 Å². The van der Waals surface area contributed by atoms with Crippen molar-refractivity contribution in [1.82, 2.24) is 4.90 Å². The second-order valence-corrected chi connectivity index (χ2v) is 7.30. The lowest BCUT2D eigenvalue weighted by molar-refractivity contribution is -0.136. The number of aryl methyl sites for hydroxylation is 2. The van der Waals surface area contributed by atoms with Gasteiger partial charge >= 0.3 is 0 Å². The highest BCUT2D eigenvalue weighted by Crippen LogP contribution is 2.33. The van der Waals surface area contributed by atoms with Crippen LogP contribution in [0.3, 0.4) is 0 Å². The third-order valence-electron chi connectivity index (χ3n) is 5.18. The molecular formula is C20H28N2O2. The Hall–Kier alpha value is -1.84. The van der Waals surface area contributed by atoms with Gasteiger partial charge in [-0.25, -0.2) is 0 Å². The molecular weight excluding hydrogens is 300 g/mol. The molecule has 1 aliphatic heterocycles. The highest BCUT2D eigenvalue weighted by molar-refractivity contribution is 5.95. The van der Waals surface area contributed by atoms with E-state index in [1.165, 1.54) is 11.1 Å². The van der Waals surface area contributed by atoms with E-state index in [1.807, 2.05) is 16.7 Å². The molecule has 0 radical (unpaired) electrons. The van der Waals surface area contributed by atoms with Crippen molar-refractivity contribution in [3.05, 3.63) is 29.3 Å². The van der Waals surface area contributed by atoms with E-state index in [4.69, 9.17) is 0 Å². The zero-order valence-electron chi connectivity index (χ0n) is 15.0. The summed E-state index contributed by atoms with van der Waals surface area (Å²) in [5.74, 6) is 0.831. The third-order valence-corrected chi connectivity index (χ3v) is 5.18. The molecule has 130 valence electrons. The quantitative estimate of drug-likeness (QED) is 0.851. The van der Waals surface area contributed by atoms with E-state index in [2.05, 4.69) is 32.0 Å². The van der Waals surface area contributed by atoms with Gasteiger partial charge in [0.05, 0.1) is 0 Å². The standard InChI is InChI=1S/C20H28N2O2/c1-4-22(18-12-14(2)11-15(3)13-18)20(24)17-7-9-21(10-8-17)19(23)16-5-6-16/h11-13,16-17H,4-10H2,1-3H3. The summed E-state index contributed by atoms with van der Waals surface area (Å²) >= 11 is 0. The van der Waals surface area contributed by atoms with Crippen LogP contribution >= 0.6 is 0 Å². The number of amides is 2. The molecule has 2 amide bonds. The average Bonchev–Trinajstić information content (AvgIpc) is 3.39. The number of hydrogen-bond acceptors (Lipinski definition) is 2. The van der Waals surface area contributed by atoms with Gasteiger partial charge in [0.15, 0.2) is 0 Å². The summed E-state index contributed by atoms with van der Waals surface area (Å²) in [6, 6.07) is 6.30. The molecule has 2 aliphatic rings. The number of nitrogens with zero attached hydrogens (tertiary/aromatic N) is 2. The van der Waals surface area contributed by atoms with Crippen molar-refractivity contribution in [3.63, 3.8) is 0 Å². The SMILES string of the molecule is CCN(C(=O)C1CCN(C(=O)C2CC2)CC1)c1cc(C)cc(C)c1. The van der Waals surface area contributed by atoms with Crippen LogP contribution in [0, 0.1) is 25.7 Å². The molecule has 1 saturated carbocycles. The molecule has 1 saturated heterocycles. The van der Waals surface area contributed by atoms with Crippen LogP contribution in [0.5, 0.6) is 0 Å². The van der Waals surface area contributed by atoms with E-state index in [1.54, 1.807) is 0 Å². The molecule has 4 heteroatoms. The monoisotopic (exact) mass is 328 g/mol. The molecule has 24 heavy (non-hydrogen) atoms. The molecule has 4 nitrogen and oxygen atoms in total. The van der Waals surface area contributed by atoms with Crippen LogP contribution < -0.4 is 4.90 Å². The minimum absolute atomic E-state index is 0.0361. The van der Waals surface area contributed by atoms with Crippen LogP contribution in [0.1, 0.15) is 43.7 Å². The van der Waals surface area contributed by atoms with Crippen molar-refractivity contribution in [3.8, 4) is 0 Å². The Morgan fingerprint density at radius 2 is 1.58 bits per heavy atom. The summed E-state index contributed by atoms with van der Waals surface area (Å²) < 4.78 is 0. The predicted octanol–water partition coefficient (Wildman–Crippen LogP) is 3.30. The van der Waals surface area contributed by atoms with Crippen molar-refractivity contribution in [1.29, 1.82) is 0 Å². The summed E-state index contributed by atoms with van der Waals surface area (Å²) in [5, 5.41) is 0. The first-order valence-electron chi connectivity index (χ1n) is 9.18. The lowest BCUT2D eigenvalue weighted by Gasteiger charge is -2.34. The van der Waals surface area contributed by atoms with Crippen molar-refractivity contribution >= 4 is 17.5 Å². The number of rotatable bonds is 4. The summed E-state index contributed by atoms with van der Waals surface area (Å²) in [6.07, 6.45) is 3.68. The van der Waals surface area contributed by atoms with Crippen molar-refractivity contribution in [2.75, 3.05) is 24.5 Å². The molecule has 0 N–H and O–H groups in total. The Bertz CT molecular complexity index is 608. The molecule has 0 aromatic heterocycles. The average molecular weight is 328 g/mol. The van der Waals surface area contributed by atoms with E-state index in [0.29, 0.717) is 12.5 Å². The molecule has 3 rings (SSSR count). The Morgan fingerprint density at radius 1 is 1.00 bits per heavy atom. The first-order valence-corrected chi connectivity index (χ1v) is 9.18. The van der Waals surface area contributed by atoms with E-state index < -0.39 is 0 Å². The predicted molar refractivity (Wildman–Crippen MR) is 96.0 cm³/mol. The van der Waals surface area contributed by atoms with Crippen molar-refractivity contribution in [2.24, 2.45) is 11.8 Å². The van der Waals surface area contributed by atoms with E-state index in [0.717, 1.165) is 44.5 Å². The second-order valence-electron chi connectivity index (χ2n) is 7.30. The number of likely N-dealkylation sites (tertiary alicyclic amines) is 1. The zero-order chi connectivity index (χ0) is 17.3. The number of carbonyl (C=O) groups is 2. The van der Waals surface area contributed by atoms with E-state index in [-0.39, 0.29) is 17.7 Å². The van der Waals surface area contributed by atoms with Crippen LogP contribution in [0.2, 0.25) is 0 Å². The largest absolute Gasteiger partial charge is 0.342 e. The number of benzene rings is 1. The van der Waals surface area contributed by atoms with Gasteiger partial charge in [-0.2, -0.15) is 0 Å². The smallest absolute Gasteiger partial charge is 0.230 e. The fourth-order valence-corrected chi connectivity index (χ4v) is 3.73. The highest BCUT2D eigenvalue weighted by Gasteiger charge is 2.36. The molecule has 0 spiro atoms. The normalized spacial score (nSPS) is 18.5. The molecule has 0 bridgehead atoms. The third kappa shape index (κ3) is 3.63. The van der Waals surface area contributed by atoms with E-state index in [9.17, 15) is 9.59 Å². The Labute approximate surface area is 144 Å². The van der Waals surface area contributed by atoms with Gasteiger partial charge < -0.3 is 9.80 Å². The fourth-order valence-electron chi connectivity index (χ4n) is 3.73. The Morgan fingerprint density at radius 3 is 2.08 bits per heavy atom. The van der Waals surface area contributed by atoms with Gasteiger partial charge in [0.1, 0.15) is 0 Å². The van der Waals surface area contributed by atoms with Gasteiger partial charge in [-0.05, 0) is 69.7 Å². The lowest BCUT2D eigenvalue weighted by atomic mass is 9.94. The van der Waals surface area contributed by atoms with Crippen molar-refractivity contribution in [2.45, 2.75) is 46.5 Å². The summed E-state index contributed by atoms with van der Waals surface area (Å²) in [5.41, 5.74) is 3.36. The molecule has 1 aromatic carbocycles. The molecule has 1 aromatic rings. The molecule has 1 heterocycles. The van der Waals surface area contributed by atoms with Crippen LogP contribution in [0.4, 0.5) is 5.69 Å². The Kier molecular flexibility index (Phi) is 4.93. The van der Waals surface area contributed by atoms with Gasteiger partial charge in [0, 0.05) is 37.2 Å². The molecule has 0 unspecified atom stereocenters. The van der Waals surface area contributed by atoms with Crippen LogP contribution in [0.25, 0.3) is 0 Å². The molecule has 1 aliphatic carbocycles. The fraction of sp³-hybridized carbons (Fsp3) is 0.600. The number of piperidine rings is 1. The van der Waals surface area contributed by atoms with Crippen LogP contribution in [0.15, 0.2) is 18.2 Å². The van der Waals surface area contributed by atoms with Gasteiger partial charge in [-0.15, -0.1) is 0 Å².